The maximum atomic E-state index is 6.12. The molecular formula is C43H29NO. The van der Waals surface area contributed by atoms with Gasteiger partial charge in [-0.25, -0.2) is 0 Å². The van der Waals surface area contributed by atoms with Crippen molar-refractivity contribution < 1.29 is 4.42 Å². The van der Waals surface area contributed by atoms with Crippen LogP contribution in [0.4, 0.5) is 11.4 Å². The summed E-state index contributed by atoms with van der Waals surface area (Å²) in [7, 11) is 0. The van der Waals surface area contributed by atoms with E-state index in [0.717, 1.165) is 44.4 Å². The Kier molecular flexibility index (Phi) is 5.60. The number of hydrogen-bond acceptors (Lipinski definition) is 2. The van der Waals surface area contributed by atoms with Crippen LogP contribution in [0.1, 0.15) is 12.5 Å². The fraction of sp³-hybridized carbons (Fsp3) is 0.0233. The fourth-order valence-corrected chi connectivity index (χ4v) is 7.14. The summed E-state index contributed by atoms with van der Waals surface area (Å²) in [6.07, 6.45) is 4.07. The molecule has 0 atom stereocenters. The Morgan fingerprint density at radius 2 is 1.36 bits per heavy atom. The summed E-state index contributed by atoms with van der Waals surface area (Å²) in [5.41, 5.74) is 13.7. The van der Waals surface area contributed by atoms with Crippen molar-refractivity contribution >= 4 is 60.4 Å². The zero-order chi connectivity index (χ0) is 30.1. The van der Waals surface area contributed by atoms with E-state index in [1.165, 1.54) is 54.9 Å². The number of furan rings is 1. The predicted molar refractivity (Wildman–Crippen MR) is 192 cm³/mol. The highest BCUT2D eigenvalue weighted by Crippen LogP contribution is 2.51. The average Bonchev–Trinajstić information content (AvgIpc) is 3.60. The second-order valence-corrected chi connectivity index (χ2v) is 11.9. The van der Waals surface area contributed by atoms with Crippen LogP contribution >= 0.6 is 0 Å². The molecule has 0 radical (unpaired) electrons. The quantitative estimate of drug-likeness (QED) is 0.207. The van der Waals surface area contributed by atoms with E-state index >= 15 is 0 Å². The molecule has 1 heterocycles. The lowest BCUT2D eigenvalue weighted by molar-refractivity contribution is 0.669. The molecule has 1 aromatic heterocycles. The molecule has 212 valence electrons. The minimum absolute atomic E-state index is 0.921. The largest absolute Gasteiger partial charge is 0.456 e. The summed E-state index contributed by atoms with van der Waals surface area (Å²) in [6, 6.07) is 45.9. The molecule has 2 nitrogen and oxygen atoms in total. The molecule has 0 spiro atoms. The molecule has 0 saturated heterocycles. The third-order valence-corrected chi connectivity index (χ3v) is 9.21. The molecule has 0 amide bonds. The van der Waals surface area contributed by atoms with Gasteiger partial charge >= 0.3 is 0 Å². The third-order valence-electron chi connectivity index (χ3n) is 9.21. The molecule has 2 heteroatoms. The second kappa shape index (κ2) is 9.83. The molecule has 0 saturated carbocycles. The zero-order valence-electron chi connectivity index (χ0n) is 24.9. The van der Waals surface area contributed by atoms with Crippen molar-refractivity contribution in [1.82, 2.24) is 0 Å². The summed E-state index contributed by atoms with van der Waals surface area (Å²) in [4.78, 5) is 0. The zero-order valence-corrected chi connectivity index (χ0v) is 24.9. The smallest absolute Gasteiger partial charge is 0.135 e. The van der Waals surface area contributed by atoms with E-state index in [-0.39, 0.29) is 0 Å². The molecule has 0 aliphatic heterocycles. The molecule has 7 aromatic carbocycles. The van der Waals surface area contributed by atoms with E-state index in [4.69, 9.17) is 4.42 Å². The number of nitrogens with one attached hydrogen (secondary N) is 1. The van der Waals surface area contributed by atoms with Crippen LogP contribution in [0.25, 0.3) is 82.4 Å². The molecule has 1 aliphatic rings. The van der Waals surface area contributed by atoms with E-state index in [0.29, 0.717) is 0 Å². The Balaban J connectivity index is 1.15. The summed E-state index contributed by atoms with van der Waals surface area (Å²) in [5.74, 6) is 0. The molecule has 0 fully saturated rings. The van der Waals surface area contributed by atoms with Gasteiger partial charge in [0.1, 0.15) is 11.2 Å². The van der Waals surface area contributed by atoms with Gasteiger partial charge in [0, 0.05) is 27.7 Å². The van der Waals surface area contributed by atoms with Gasteiger partial charge in [0.15, 0.2) is 0 Å². The predicted octanol–water partition coefficient (Wildman–Crippen LogP) is 12.5. The van der Waals surface area contributed by atoms with E-state index in [1.54, 1.807) is 0 Å². The van der Waals surface area contributed by atoms with Crippen LogP contribution in [0, 0.1) is 0 Å². The first-order valence-electron chi connectivity index (χ1n) is 15.4. The Hall–Kier alpha value is -5.86. The number of anilines is 2. The van der Waals surface area contributed by atoms with Crippen molar-refractivity contribution in [3.05, 3.63) is 152 Å². The molecule has 0 unspecified atom stereocenters. The highest BCUT2D eigenvalue weighted by molar-refractivity contribution is 6.20. The molecule has 45 heavy (non-hydrogen) atoms. The number of fused-ring (bicyclic) bond motifs is 7. The molecule has 8 aromatic rings. The molecule has 0 bridgehead atoms. The first-order chi connectivity index (χ1) is 22.2. The van der Waals surface area contributed by atoms with Crippen LogP contribution in [-0.2, 0) is 0 Å². The van der Waals surface area contributed by atoms with Crippen molar-refractivity contribution in [2.75, 3.05) is 5.32 Å². The number of benzene rings is 7. The van der Waals surface area contributed by atoms with Crippen LogP contribution in [0.15, 0.2) is 151 Å². The fourth-order valence-electron chi connectivity index (χ4n) is 7.14. The van der Waals surface area contributed by atoms with Crippen LogP contribution < -0.4 is 5.32 Å². The maximum absolute atomic E-state index is 6.12. The number of rotatable bonds is 5. The standard InChI is InChI=1S/C43H29NO/c1-3-9-26(2)31-10-4-6-14-40(31)44-30-18-16-27-23-37-35-13-8-12-34-32(19-20-36(43(34)35)38(37)25-29(27)22-30)28-17-21-42-39(24-28)33-11-5-7-15-41(33)45-42/h3-25,44H,2H2,1H3/b9-3-. The minimum Gasteiger partial charge on any atom is -0.456 e. The van der Waals surface area contributed by atoms with Gasteiger partial charge in [0.2, 0.25) is 0 Å². The van der Waals surface area contributed by atoms with Crippen molar-refractivity contribution in [3.63, 3.8) is 0 Å². The Labute approximate surface area is 261 Å². The highest BCUT2D eigenvalue weighted by atomic mass is 16.3. The third kappa shape index (κ3) is 3.96. The summed E-state index contributed by atoms with van der Waals surface area (Å²) < 4.78 is 6.12. The lowest BCUT2D eigenvalue weighted by Crippen LogP contribution is -1.95. The van der Waals surface area contributed by atoms with Crippen LogP contribution in [0.3, 0.4) is 0 Å². The lowest BCUT2D eigenvalue weighted by Gasteiger charge is -2.14. The first-order valence-corrected chi connectivity index (χ1v) is 15.4. The van der Waals surface area contributed by atoms with Crippen molar-refractivity contribution in [2.24, 2.45) is 0 Å². The molecular weight excluding hydrogens is 546 g/mol. The van der Waals surface area contributed by atoms with Gasteiger partial charge in [-0.05, 0) is 116 Å². The van der Waals surface area contributed by atoms with Crippen LogP contribution in [0.2, 0.25) is 0 Å². The van der Waals surface area contributed by atoms with Gasteiger partial charge in [-0.2, -0.15) is 0 Å². The van der Waals surface area contributed by atoms with Gasteiger partial charge in [-0.1, -0.05) is 97.6 Å². The van der Waals surface area contributed by atoms with Crippen molar-refractivity contribution in [1.29, 1.82) is 0 Å². The summed E-state index contributed by atoms with van der Waals surface area (Å²) in [6.45, 7) is 6.28. The van der Waals surface area contributed by atoms with E-state index in [1.807, 2.05) is 31.2 Å². The number of allylic oxidation sites excluding steroid dienone is 3. The molecule has 1 N–H and O–H groups in total. The highest BCUT2D eigenvalue weighted by Gasteiger charge is 2.23. The van der Waals surface area contributed by atoms with Crippen molar-refractivity contribution in [3.8, 4) is 33.4 Å². The topological polar surface area (TPSA) is 25.2 Å². The second-order valence-electron chi connectivity index (χ2n) is 11.9. The average molecular weight is 576 g/mol. The molecule has 9 rings (SSSR count). The van der Waals surface area contributed by atoms with Gasteiger partial charge in [0.25, 0.3) is 0 Å². The monoisotopic (exact) mass is 575 g/mol. The van der Waals surface area contributed by atoms with E-state index < -0.39 is 0 Å². The van der Waals surface area contributed by atoms with E-state index in [2.05, 4.69) is 127 Å². The Morgan fingerprint density at radius 3 is 2.27 bits per heavy atom. The lowest BCUT2D eigenvalue weighted by atomic mass is 9.93. The first kappa shape index (κ1) is 25.6. The van der Waals surface area contributed by atoms with Gasteiger partial charge in [0.05, 0.1) is 0 Å². The molecule has 1 aliphatic carbocycles. The van der Waals surface area contributed by atoms with Crippen LogP contribution in [0.5, 0.6) is 0 Å². The summed E-state index contributed by atoms with van der Waals surface area (Å²) >= 11 is 0. The maximum Gasteiger partial charge on any atom is 0.135 e. The summed E-state index contributed by atoms with van der Waals surface area (Å²) in [5, 5.41) is 11.0. The van der Waals surface area contributed by atoms with Crippen LogP contribution in [-0.4, -0.2) is 0 Å². The number of hydrogen-bond donors (Lipinski definition) is 1. The van der Waals surface area contributed by atoms with Gasteiger partial charge < -0.3 is 9.73 Å². The van der Waals surface area contributed by atoms with Gasteiger partial charge in [-0.15, -0.1) is 0 Å². The SMILES string of the molecule is C=C(/C=C\C)c1ccccc1Nc1ccc2cc3c(cc2c1)-c1ccc(-c2ccc4oc5ccccc5c4c2)c2cccc-3c12. The Morgan fingerprint density at radius 1 is 0.600 bits per heavy atom. The van der Waals surface area contributed by atoms with Gasteiger partial charge in [-0.3, -0.25) is 0 Å². The minimum atomic E-state index is 0.921. The number of para-hydroxylation sites is 2. The normalized spacial score (nSPS) is 12.1. The van der Waals surface area contributed by atoms with E-state index in [9.17, 15) is 0 Å². The Bertz CT molecular complexity index is 2550. The van der Waals surface area contributed by atoms with Crippen molar-refractivity contribution in [2.45, 2.75) is 6.92 Å².